The van der Waals surface area contributed by atoms with Gasteiger partial charge in [0.2, 0.25) is 10.0 Å². The number of benzene rings is 1. The summed E-state index contributed by atoms with van der Waals surface area (Å²) in [6, 6.07) is 6.39. The van der Waals surface area contributed by atoms with E-state index in [0.717, 1.165) is 12.8 Å². The van der Waals surface area contributed by atoms with Gasteiger partial charge in [-0.3, -0.25) is 0 Å². The minimum absolute atomic E-state index is 0.242. The van der Waals surface area contributed by atoms with Crippen LogP contribution in [0.1, 0.15) is 32.3 Å². The molecule has 19 heavy (non-hydrogen) atoms. The van der Waals surface area contributed by atoms with Crippen LogP contribution < -0.4 is 4.72 Å². The molecular weight excluding hydrogens is 282 g/mol. The van der Waals surface area contributed by atoms with Gasteiger partial charge in [0.15, 0.2) is 5.05 Å². The lowest BCUT2D eigenvalue weighted by atomic mass is 10.2. The van der Waals surface area contributed by atoms with E-state index in [1.807, 2.05) is 13.8 Å². The zero-order chi connectivity index (χ0) is 14.3. The molecule has 6 heteroatoms. The van der Waals surface area contributed by atoms with Crippen LogP contribution >= 0.6 is 12.2 Å². The Balaban J connectivity index is 2.77. The van der Waals surface area contributed by atoms with Crippen LogP contribution in [0.25, 0.3) is 0 Å². The van der Waals surface area contributed by atoms with Crippen LogP contribution in [-0.4, -0.2) is 26.6 Å². The molecule has 0 radical (unpaired) electrons. The molecule has 1 rings (SSSR count). The molecule has 0 aliphatic carbocycles. The van der Waals surface area contributed by atoms with Crippen molar-refractivity contribution in [1.82, 2.24) is 4.72 Å². The Bertz CT molecular complexity index is 509. The van der Waals surface area contributed by atoms with Crippen LogP contribution in [-0.2, 0) is 14.8 Å². The van der Waals surface area contributed by atoms with Gasteiger partial charge in [-0.05, 0) is 49.8 Å². The van der Waals surface area contributed by atoms with E-state index in [9.17, 15) is 8.42 Å². The predicted molar refractivity (Wildman–Crippen MR) is 79.9 cm³/mol. The van der Waals surface area contributed by atoms with E-state index in [4.69, 9.17) is 17.0 Å². The first kappa shape index (κ1) is 16.1. The van der Waals surface area contributed by atoms with Crippen molar-refractivity contribution in [3.05, 3.63) is 29.8 Å². The molecule has 1 N–H and O–H groups in total. The second-order valence-corrected chi connectivity index (χ2v) is 6.13. The first-order chi connectivity index (χ1) is 9.01. The number of nitrogens with one attached hydrogen (secondary N) is 1. The smallest absolute Gasteiger partial charge is 0.240 e. The lowest BCUT2D eigenvalue weighted by Crippen LogP contribution is -2.24. The number of unbranched alkanes of at least 4 members (excludes halogenated alkanes) is 1. The standard InChI is InChI=1S/C13H19NO3S2/c1-3-5-10-14-19(15,16)12-8-6-11(7-9-12)13(18)17-4-2/h6-9,14H,3-5,10H2,1-2H3. The van der Waals surface area contributed by atoms with Crippen molar-refractivity contribution in [2.45, 2.75) is 31.6 Å². The van der Waals surface area contributed by atoms with Gasteiger partial charge in [-0.25, -0.2) is 13.1 Å². The summed E-state index contributed by atoms with van der Waals surface area (Å²) in [5, 5.41) is 0.380. The number of ether oxygens (including phenoxy) is 1. The molecule has 1 aromatic carbocycles. The highest BCUT2D eigenvalue weighted by Gasteiger charge is 2.13. The summed E-state index contributed by atoms with van der Waals surface area (Å²) < 4.78 is 31.6. The summed E-state index contributed by atoms with van der Waals surface area (Å²) in [5.74, 6) is 0. The Hall–Kier alpha value is -0.980. The third-order valence-electron chi connectivity index (χ3n) is 2.50. The Kier molecular flexibility index (Phi) is 6.41. The molecule has 0 spiro atoms. The lowest BCUT2D eigenvalue weighted by molar-refractivity contribution is 0.337. The molecule has 4 nitrogen and oxygen atoms in total. The molecule has 0 fully saturated rings. The van der Waals surface area contributed by atoms with Gasteiger partial charge in [-0.2, -0.15) is 0 Å². The van der Waals surface area contributed by atoms with Crippen LogP contribution in [0.4, 0.5) is 0 Å². The summed E-state index contributed by atoms with van der Waals surface area (Å²) in [4.78, 5) is 0.242. The number of rotatable bonds is 7. The number of sulfonamides is 1. The van der Waals surface area contributed by atoms with Gasteiger partial charge in [-0.1, -0.05) is 13.3 Å². The Morgan fingerprint density at radius 2 is 1.89 bits per heavy atom. The second kappa shape index (κ2) is 7.57. The maximum absolute atomic E-state index is 11.9. The van der Waals surface area contributed by atoms with Gasteiger partial charge in [0.05, 0.1) is 11.5 Å². The van der Waals surface area contributed by atoms with Gasteiger partial charge < -0.3 is 4.74 Å². The monoisotopic (exact) mass is 301 g/mol. The fraction of sp³-hybridized carbons (Fsp3) is 0.462. The van der Waals surface area contributed by atoms with Crippen LogP contribution in [0.5, 0.6) is 0 Å². The molecule has 0 aliphatic heterocycles. The van der Waals surface area contributed by atoms with E-state index in [0.29, 0.717) is 23.8 Å². The SMILES string of the molecule is CCCCNS(=O)(=O)c1ccc(C(=S)OCC)cc1. The van der Waals surface area contributed by atoms with Crippen LogP contribution in [0, 0.1) is 0 Å². The van der Waals surface area contributed by atoms with Gasteiger partial charge >= 0.3 is 0 Å². The largest absolute Gasteiger partial charge is 0.483 e. The minimum Gasteiger partial charge on any atom is -0.483 e. The highest BCUT2D eigenvalue weighted by molar-refractivity contribution is 7.89. The van der Waals surface area contributed by atoms with Crippen molar-refractivity contribution in [3.63, 3.8) is 0 Å². The molecule has 0 unspecified atom stereocenters. The van der Waals surface area contributed by atoms with E-state index < -0.39 is 10.0 Å². The highest BCUT2D eigenvalue weighted by atomic mass is 32.2. The van der Waals surface area contributed by atoms with Crippen molar-refractivity contribution >= 4 is 27.3 Å². The molecule has 0 saturated heterocycles. The van der Waals surface area contributed by atoms with Gasteiger partial charge in [0.25, 0.3) is 0 Å². The van der Waals surface area contributed by atoms with Crippen LogP contribution in [0.3, 0.4) is 0 Å². The van der Waals surface area contributed by atoms with Crippen molar-refractivity contribution in [2.75, 3.05) is 13.2 Å². The third-order valence-corrected chi connectivity index (χ3v) is 4.33. The fourth-order valence-electron chi connectivity index (χ4n) is 1.45. The van der Waals surface area contributed by atoms with E-state index in [2.05, 4.69) is 4.72 Å². The molecule has 0 aliphatic rings. The lowest BCUT2D eigenvalue weighted by Gasteiger charge is -2.08. The zero-order valence-electron chi connectivity index (χ0n) is 11.2. The summed E-state index contributed by atoms with van der Waals surface area (Å²) in [6.07, 6.45) is 1.77. The van der Waals surface area contributed by atoms with Gasteiger partial charge in [0, 0.05) is 12.1 Å². The summed E-state index contributed by atoms with van der Waals surface area (Å²) in [5.41, 5.74) is 0.712. The van der Waals surface area contributed by atoms with Crippen LogP contribution in [0.2, 0.25) is 0 Å². The Morgan fingerprint density at radius 3 is 2.42 bits per heavy atom. The van der Waals surface area contributed by atoms with Crippen LogP contribution in [0.15, 0.2) is 29.2 Å². The molecule has 0 heterocycles. The predicted octanol–water partition coefficient (Wildman–Crippen LogP) is 2.48. The summed E-state index contributed by atoms with van der Waals surface area (Å²) >= 11 is 5.05. The first-order valence-electron chi connectivity index (χ1n) is 6.28. The van der Waals surface area contributed by atoms with Crippen molar-refractivity contribution in [3.8, 4) is 0 Å². The number of hydrogen-bond acceptors (Lipinski definition) is 4. The molecule has 0 bridgehead atoms. The molecule has 106 valence electrons. The van der Waals surface area contributed by atoms with E-state index in [1.54, 1.807) is 12.1 Å². The Morgan fingerprint density at radius 1 is 1.26 bits per heavy atom. The summed E-state index contributed by atoms with van der Waals surface area (Å²) in [7, 11) is -3.42. The maximum Gasteiger partial charge on any atom is 0.240 e. The normalized spacial score (nSPS) is 11.3. The molecule has 0 atom stereocenters. The zero-order valence-corrected chi connectivity index (χ0v) is 12.8. The average molecular weight is 301 g/mol. The molecule has 1 aromatic rings. The minimum atomic E-state index is -3.42. The van der Waals surface area contributed by atoms with Crippen molar-refractivity contribution < 1.29 is 13.2 Å². The van der Waals surface area contributed by atoms with E-state index in [-0.39, 0.29) is 4.90 Å². The highest BCUT2D eigenvalue weighted by Crippen LogP contribution is 2.12. The third kappa shape index (κ3) is 4.89. The van der Waals surface area contributed by atoms with Gasteiger partial charge in [-0.15, -0.1) is 0 Å². The molecule has 0 aromatic heterocycles. The number of thiocarbonyl (C=S) groups is 1. The average Bonchev–Trinajstić information content (AvgIpc) is 2.39. The Labute approximate surface area is 120 Å². The molecular formula is C13H19NO3S2. The fourth-order valence-corrected chi connectivity index (χ4v) is 2.78. The van der Waals surface area contributed by atoms with E-state index >= 15 is 0 Å². The van der Waals surface area contributed by atoms with Crippen molar-refractivity contribution in [2.24, 2.45) is 0 Å². The number of hydrogen-bond donors (Lipinski definition) is 1. The van der Waals surface area contributed by atoms with Gasteiger partial charge in [0.1, 0.15) is 0 Å². The molecule has 0 amide bonds. The topological polar surface area (TPSA) is 55.4 Å². The van der Waals surface area contributed by atoms with E-state index in [1.165, 1.54) is 12.1 Å². The quantitative estimate of drug-likeness (QED) is 0.621. The maximum atomic E-state index is 11.9. The van der Waals surface area contributed by atoms with Crippen molar-refractivity contribution in [1.29, 1.82) is 0 Å². The molecule has 0 saturated carbocycles. The summed E-state index contributed by atoms with van der Waals surface area (Å²) in [6.45, 7) is 4.82. The second-order valence-electron chi connectivity index (χ2n) is 4.00. The first-order valence-corrected chi connectivity index (χ1v) is 8.17.